The second-order valence-electron chi connectivity index (χ2n) is 4.86. The van der Waals surface area contributed by atoms with E-state index in [0.29, 0.717) is 22.1 Å². The fraction of sp³-hybridized carbons (Fsp3) is 0.429. The van der Waals surface area contributed by atoms with E-state index in [2.05, 4.69) is 17.1 Å². The predicted molar refractivity (Wildman–Crippen MR) is 86.0 cm³/mol. The van der Waals surface area contributed by atoms with Crippen LogP contribution in [0.25, 0.3) is 11.5 Å². The molecule has 1 fully saturated rings. The summed E-state index contributed by atoms with van der Waals surface area (Å²) in [4.78, 5) is 4.56. The van der Waals surface area contributed by atoms with Crippen LogP contribution >= 0.6 is 23.5 Å². The molecule has 1 saturated heterocycles. The summed E-state index contributed by atoms with van der Waals surface area (Å²) in [6.07, 6.45) is 0. The van der Waals surface area contributed by atoms with Gasteiger partial charge < -0.3 is 10.3 Å². The zero-order valence-corrected chi connectivity index (χ0v) is 13.1. The summed E-state index contributed by atoms with van der Waals surface area (Å²) < 4.78 is 5.42. The number of benzene rings is 1. The smallest absolute Gasteiger partial charge is 0.260 e. The Hall–Kier alpha value is -1.14. The van der Waals surface area contributed by atoms with Crippen molar-refractivity contribution in [1.82, 2.24) is 10.1 Å². The van der Waals surface area contributed by atoms with Gasteiger partial charge in [0.2, 0.25) is 0 Å². The summed E-state index contributed by atoms with van der Waals surface area (Å²) in [5.41, 5.74) is 8.65. The molecule has 106 valence electrons. The third kappa shape index (κ3) is 2.54. The molecular formula is C14H17N3OS2. The fourth-order valence-corrected chi connectivity index (χ4v) is 4.92. The molecule has 0 aliphatic carbocycles. The minimum absolute atomic E-state index is 0.303. The second-order valence-corrected chi connectivity index (χ2v) is 7.60. The molecule has 1 aromatic heterocycles. The molecule has 3 rings (SSSR count). The summed E-state index contributed by atoms with van der Waals surface area (Å²) in [6.45, 7) is 4.20. The van der Waals surface area contributed by atoms with Gasteiger partial charge in [-0.05, 0) is 18.6 Å². The Morgan fingerprint density at radius 1 is 1.30 bits per heavy atom. The van der Waals surface area contributed by atoms with E-state index in [1.165, 1.54) is 5.75 Å². The number of hydrogen-bond donors (Lipinski definition) is 1. The third-order valence-corrected chi connectivity index (χ3v) is 6.53. The summed E-state index contributed by atoms with van der Waals surface area (Å²) in [5.74, 6) is 3.63. The molecule has 2 heterocycles. The molecule has 2 aromatic rings. The van der Waals surface area contributed by atoms with Crippen LogP contribution in [-0.4, -0.2) is 26.9 Å². The molecule has 4 nitrogen and oxygen atoms in total. The number of aryl methyl sites for hydroxylation is 1. The molecule has 0 bridgehead atoms. The van der Waals surface area contributed by atoms with Crippen molar-refractivity contribution < 1.29 is 4.52 Å². The van der Waals surface area contributed by atoms with Crippen LogP contribution in [0, 0.1) is 6.92 Å². The van der Waals surface area contributed by atoms with Crippen LogP contribution in [0.15, 0.2) is 22.7 Å². The van der Waals surface area contributed by atoms with E-state index in [4.69, 9.17) is 10.3 Å². The Bertz CT molecular complexity index is 614. The molecule has 6 heteroatoms. The minimum atomic E-state index is 0.303. The van der Waals surface area contributed by atoms with Crippen molar-refractivity contribution in [3.63, 3.8) is 0 Å². The van der Waals surface area contributed by atoms with E-state index >= 15 is 0 Å². The number of para-hydroxylation sites is 1. The highest BCUT2D eigenvalue weighted by Gasteiger charge is 2.28. The van der Waals surface area contributed by atoms with Crippen LogP contribution in [0.2, 0.25) is 0 Å². The highest BCUT2D eigenvalue weighted by molar-refractivity contribution is 8.06. The third-order valence-electron chi connectivity index (χ3n) is 3.44. The number of rotatable bonds is 2. The number of nitrogens with two attached hydrogens (primary N) is 1. The molecule has 20 heavy (non-hydrogen) atoms. The monoisotopic (exact) mass is 307 g/mol. The SMILES string of the molecule is Cc1cccc(-c2nc(C3SCCSC3C)no2)c1N. The maximum Gasteiger partial charge on any atom is 0.260 e. The van der Waals surface area contributed by atoms with Crippen LogP contribution in [0.4, 0.5) is 5.69 Å². The molecule has 0 saturated carbocycles. The van der Waals surface area contributed by atoms with Gasteiger partial charge in [-0.15, -0.1) is 11.8 Å². The summed E-state index contributed by atoms with van der Waals surface area (Å²) >= 11 is 3.87. The first kappa shape index (κ1) is 13.8. The maximum atomic E-state index is 6.09. The summed E-state index contributed by atoms with van der Waals surface area (Å²) in [5, 5.41) is 4.97. The number of nitrogen functional groups attached to an aromatic ring is 1. The van der Waals surface area contributed by atoms with Crippen molar-refractivity contribution in [1.29, 1.82) is 0 Å². The van der Waals surface area contributed by atoms with E-state index in [1.54, 1.807) is 0 Å². The topological polar surface area (TPSA) is 64.9 Å². The average Bonchev–Trinajstić information content (AvgIpc) is 2.92. The van der Waals surface area contributed by atoms with E-state index in [0.717, 1.165) is 22.7 Å². The van der Waals surface area contributed by atoms with Gasteiger partial charge in [-0.1, -0.05) is 24.2 Å². The van der Waals surface area contributed by atoms with Crippen LogP contribution < -0.4 is 5.73 Å². The van der Waals surface area contributed by atoms with Crippen molar-refractivity contribution in [2.75, 3.05) is 17.2 Å². The van der Waals surface area contributed by atoms with Gasteiger partial charge in [-0.3, -0.25) is 0 Å². The van der Waals surface area contributed by atoms with Crippen LogP contribution in [0.3, 0.4) is 0 Å². The van der Waals surface area contributed by atoms with Crippen LogP contribution in [0.1, 0.15) is 23.6 Å². The van der Waals surface area contributed by atoms with Crippen molar-refractivity contribution in [3.8, 4) is 11.5 Å². The van der Waals surface area contributed by atoms with Crippen molar-refractivity contribution in [2.24, 2.45) is 0 Å². The van der Waals surface area contributed by atoms with Gasteiger partial charge in [0.15, 0.2) is 5.82 Å². The molecule has 1 aliphatic heterocycles. The summed E-state index contributed by atoms with van der Waals surface area (Å²) in [6, 6.07) is 5.86. The average molecular weight is 307 g/mol. The number of hydrogen-bond acceptors (Lipinski definition) is 6. The molecule has 1 aliphatic rings. The quantitative estimate of drug-likeness (QED) is 0.856. The van der Waals surface area contributed by atoms with E-state index in [-0.39, 0.29) is 0 Å². The Morgan fingerprint density at radius 3 is 2.90 bits per heavy atom. The predicted octanol–water partition coefficient (Wildman–Crippen LogP) is 3.54. The second kappa shape index (κ2) is 5.69. The molecule has 2 atom stereocenters. The van der Waals surface area contributed by atoms with E-state index < -0.39 is 0 Å². The van der Waals surface area contributed by atoms with Crippen molar-refractivity contribution in [3.05, 3.63) is 29.6 Å². The van der Waals surface area contributed by atoms with Crippen molar-refractivity contribution >= 4 is 29.2 Å². The lowest BCUT2D eigenvalue weighted by Crippen LogP contribution is -2.16. The zero-order chi connectivity index (χ0) is 14.1. The largest absolute Gasteiger partial charge is 0.398 e. The van der Waals surface area contributed by atoms with Crippen LogP contribution in [0.5, 0.6) is 0 Å². The highest BCUT2D eigenvalue weighted by atomic mass is 32.2. The van der Waals surface area contributed by atoms with Gasteiger partial charge in [0, 0.05) is 22.4 Å². The Morgan fingerprint density at radius 2 is 2.10 bits per heavy atom. The number of anilines is 1. The van der Waals surface area contributed by atoms with Crippen LogP contribution in [-0.2, 0) is 0 Å². The molecule has 0 radical (unpaired) electrons. The summed E-state index contributed by atoms with van der Waals surface area (Å²) in [7, 11) is 0. The van der Waals surface area contributed by atoms with E-state index in [1.807, 2.05) is 48.6 Å². The van der Waals surface area contributed by atoms with Gasteiger partial charge >= 0.3 is 0 Å². The van der Waals surface area contributed by atoms with Gasteiger partial charge in [0.05, 0.1) is 10.8 Å². The Kier molecular flexibility index (Phi) is 3.94. The number of aromatic nitrogens is 2. The first-order chi connectivity index (χ1) is 9.66. The molecule has 0 amide bonds. The Balaban J connectivity index is 1.92. The molecule has 1 aromatic carbocycles. The van der Waals surface area contributed by atoms with Gasteiger partial charge in [-0.25, -0.2) is 0 Å². The lowest BCUT2D eigenvalue weighted by molar-refractivity contribution is 0.422. The number of nitrogens with zero attached hydrogens (tertiary/aromatic N) is 2. The normalized spacial score (nSPS) is 22.9. The lowest BCUT2D eigenvalue weighted by Gasteiger charge is -2.24. The standard InChI is InChI=1S/C14H17N3OS2/c1-8-4-3-5-10(11(8)15)14-16-13(17-18-14)12-9(2)19-6-7-20-12/h3-5,9,12H,6-7,15H2,1-2H3. The molecular weight excluding hydrogens is 290 g/mol. The van der Waals surface area contributed by atoms with Gasteiger partial charge in [-0.2, -0.15) is 16.7 Å². The lowest BCUT2D eigenvalue weighted by atomic mass is 10.1. The highest BCUT2D eigenvalue weighted by Crippen LogP contribution is 2.41. The molecule has 2 N–H and O–H groups in total. The molecule has 0 spiro atoms. The maximum absolute atomic E-state index is 6.09. The van der Waals surface area contributed by atoms with Gasteiger partial charge in [0.25, 0.3) is 5.89 Å². The van der Waals surface area contributed by atoms with Crippen molar-refractivity contribution in [2.45, 2.75) is 24.3 Å². The van der Waals surface area contributed by atoms with Gasteiger partial charge in [0.1, 0.15) is 0 Å². The first-order valence-electron chi connectivity index (χ1n) is 6.59. The number of thioether (sulfide) groups is 2. The zero-order valence-electron chi connectivity index (χ0n) is 11.5. The minimum Gasteiger partial charge on any atom is -0.398 e. The Labute approximate surface area is 126 Å². The van der Waals surface area contributed by atoms with E-state index in [9.17, 15) is 0 Å². The fourth-order valence-electron chi connectivity index (χ4n) is 2.24. The molecule has 2 unspecified atom stereocenters. The first-order valence-corrected chi connectivity index (χ1v) is 8.69.